The fourth-order valence-corrected chi connectivity index (χ4v) is 4.83. The van der Waals surface area contributed by atoms with Crippen molar-refractivity contribution in [1.82, 2.24) is 5.32 Å². The molecule has 0 saturated heterocycles. The number of amidine groups is 1. The summed E-state index contributed by atoms with van der Waals surface area (Å²) >= 11 is 6.59. The normalized spacial score (nSPS) is 14.3. The van der Waals surface area contributed by atoms with Crippen LogP contribution in [0.3, 0.4) is 0 Å². The number of methoxy groups -OCH3 is 1. The van der Waals surface area contributed by atoms with Crippen molar-refractivity contribution >= 4 is 40.2 Å². The SMILES string of the molecule is COc1cc(Cl)c(-c2ccc3oc(Cc4ccc(F)cc4)c(C(N)=O)c3c2)cc1C(=O)NC1(C(N)=NO)CC1. The Morgan fingerprint density at radius 2 is 1.87 bits per heavy atom. The molecule has 200 valence electrons. The summed E-state index contributed by atoms with van der Waals surface area (Å²) in [4.78, 5) is 25.7. The molecular formula is C28H24ClFN4O5. The number of ether oxygens (including phenoxy) is 1. The van der Waals surface area contributed by atoms with E-state index in [0.29, 0.717) is 45.7 Å². The van der Waals surface area contributed by atoms with Crippen LogP contribution in [0, 0.1) is 5.82 Å². The number of furan rings is 1. The number of nitrogens with zero attached hydrogens (tertiary/aromatic N) is 1. The van der Waals surface area contributed by atoms with Crippen LogP contribution >= 0.6 is 11.6 Å². The highest BCUT2D eigenvalue weighted by Crippen LogP contribution is 2.39. The average molecular weight is 551 g/mol. The highest BCUT2D eigenvalue weighted by molar-refractivity contribution is 6.34. The molecule has 1 aromatic heterocycles. The number of carbonyl (C=O) groups excluding carboxylic acids is 2. The molecule has 0 bridgehead atoms. The third-order valence-electron chi connectivity index (χ3n) is 6.83. The Morgan fingerprint density at radius 3 is 2.49 bits per heavy atom. The molecule has 0 spiro atoms. The highest BCUT2D eigenvalue weighted by Gasteiger charge is 2.49. The van der Waals surface area contributed by atoms with Crippen LogP contribution in [0.1, 0.15) is 44.9 Å². The van der Waals surface area contributed by atoms with E-state index in [-0.39, 0.29) is 35.0 Å². The summed E-state index contributed by atoms with van der Waals surface area (Å²) < 4.78 is 24.7. The Bertz CT molecular complexity index is 1640. The summed E-state index contributed by atoms with van der Waals surface area (Å²) in [6, 6.07) is 14.1. The Kier molecular flexibility index (Phi) is 6.65. The number of fused-ring (bicyclic) bond motifs is 1. The molecule has 1 aliphatic carbocycles. The minimum atomic E-state index is -0.913. The molecule has 11 heteroatoms. The van der Waals surface area contributed by atoms with Crippen LogP contribution in [0.4, 0.5) is 4.39 Å². The molecule has 39 heavy (non-hydrogen) atoms. The molecule has 4 aromatic rings. The van der Waals surface area contributed by atoms with Gasteiger partial charge in [-0.3, -0.25) is 9.59 Å². The molecule has 3 aromatic carbocycles. The Balaban J connectivity index is 1.56. The molecule has 6 N–H and O–H groups in total. The summed E-state index contributed by atoms with van der Waals surface area (Å²) in [5.41, 5.74) is 13.2. The van der Waals surface area contributed by atoms with Crippen molar-refractivity contribution in [2.75, 3.05) is 7.11 Å². The Hall–Kier alpha value is -4.57. The zero-order valence-electron chi connectivity index (χ0n) is 20.8. The van der Waals surface area contributed by atoms with Gasteiger partial charge in [-0.15, -0.1) is 0 Å². The van der Waals surface area contributed by atoms with Crippen molar-refractivity contribution in [3.63, 3.8) is 0 Å². The van der Waals surface area contributed by atoms with E-state index in [1.807, 2.05) is 0 Å². The smallest absolute Gasteiger partial charge is 0.255 e. The molecule has 1 aliphatic rings. The maximum absolute atomic E-state index is 13.3. The van der Waals surface area contributed by atoms with Crippen LogP contribution in [0.2, 0.25) is 5.02 Å². The van der Waals surface area contributed by atoms with E-state index in [2.05, 4.69) is 10.5 Å². The van der Waals surface area contributed by atoms with Gasteiger partial charge in [0.15, 0.2) is 5.84 Å². The Morgan fingerprint density at radius 1 is 1.15 bits per heavy atom. The third-order valence-corrected chi connectivity index (χ3v) is 7.14. The lowest BCUT2D eigenvalue weighted by Crippen LogP contribution is -2.47. The summed E-state index contributed by atoms with van der Waals surface area (Å²) in [5, 5.41) is 15.7. The summed E-state index contributed by atoms with van der Waals surface area (Å²) in [5.74, 6) is -1.03. The summed E-state index contributed by atoms with van der Waals surface area (Å²) in [7, 11) is 1.41. The third kappa shape index (κ3) is 4.86. The van der Waals surface area contributed by atoms with E-state index in [1.165, 1.54) is 25.3 Å². The average Bonchev–Trinajstić information content (AvgIpc) is 3.61. The molecule has 9 nitrogen and oxygen atoms in total. The van der Waals surface area contributed by atoms with Crippen molar-refractivity contribution in [2.45, 2.75) is 24.8 Å². The first-order valence-corrected chi connectivity index (χ1v) is 12.3. The number of amides is 2. The van der Waals surface area contributed by atoms with Gasteiger partial charge in [0.1, 0.15) is 28.4 Å². The number of benzene rings is 3. The molecule has 0 radical (unpaired) electrons. The van der Waals surface area contributed by atoms with E-state index in [0.717, 1.165) is 5.56 Å². The molecule has 1 heterocycles. The van der Waals surface area contributed by atoms with Crippen molar-refractivity contribution < 1.29 is 28.3 Å². The van der Waals surface area contributed by atoms with Gasteiger partial charge in [-0.2, -0.15) is 0 Å². The lowest BCUT2D eigenvalue weighted by Gasteiger charge is -2.18. The quantitative estimate of drug-likeness (QED) is 0.109. The molecule has 5 rings (SSSR count). The van der Waals surface area contributed by atoms with Gasteiger partial charge in [-0.1, -0.05) is 35.0 Å². The lowest BCUT2D eigenvalue weighted by molar-refractivity contribution is 0.0938. The monoisotopic (exact) mass is 550 g/mol. The zero-order chi connectivity index (χ0) is 27.9. The topological polar surface area (TPSA) is 153 Å². The maximum atomic E-state index is 13.3. The predicted octanol–water partition coefficient (Wildman–Crippen LogP) is 4.60. The summed E-state index contributed by atoms with van der Waals surface area (Å²) in [6.45, 7) is 0. The first-order chi connectivity index (χ1) is 18.7. The molecular weight excluding hydrogens is 527 g/mol. The van der Waals surface area contributed by atoms with Crippen LogP contribution in [-0.2, 0) is 6.42 Å². The van der Waals surface area contributed by atoms with Gasteiger partial charge in [0.05, 0.1) is 23.3 Å². The van der Waals surface area contributed by atoms with Crippen LogP contribution in [0.15, 0.2) is 64.2 Å². The summed E-state index contributed by atoms with van der Waals surface area (Å²) in [6.07, 6.45) is 1.30. The Labute approximate surface area is 227 Å². The first kappa shape index (κ1) is 26.1. The van der Waals surface area contributed by atoms with Gasteiger partial charge in [0.25, 0.3) is 11.8 Å². The second-order valence-corrected chi connectivity index (χ2v) is 9.74. The second kappa shape index (κ2) is 9.95. The number of halogens is 2. The molecule has 0 aliphatic heterocycles. The van der Waals surface area contributed by atoms with E-state index in [9.17, 15) is 14.0 Å². The van der Waals surface area contributed by atoms with E-state index < -0.39 is 17.4 Å². The fourth-order valence-electron chi connectivity index (χ4n) is 4.57. The van der Waals surface area contributed by atoms with Crippen molar-refractivity contribution in [3.05, 3.63) is 87.9 Å². The predicted molar refractivity (Wildman–Crippen MR) is 144 cm³/mol. The number of nitrogens with one attached hydrogen (secondary N) is 1. The highest BCUT2D eigenvalue weighted by atomic mass is 35.5. The van der Waals surface area contributed by atoms with Crippen molar-refractivity contribution in [1.29, 1.82) is 0 Å². The van der Waals surface area contributed by atoms with Gasteiger partial charge < -0.3 is 31.1 Å². The number of nitrogens with two attached hydrogens (primary N) is 2. The minimum absolute atomic E-state index is 0.0789. The molecule has 2 amide bonds. The fraction of sp³-hybridized carbons (Fsp3) is 0.179. The van der Waals surface area contributed by atoms with Crippen LogP contribution in [0.25, 0.3) is 22.1 Å². The van der Waals surface area contributed by atoms with Crippen LogP contribution in [0.5, 0.6) is 5.75 Å². The van der Waals surface area contributed by atoms with Crippen molar-refractivity contribution in [3.8, 4) is 16.9 Å². The largest absolute Gasteiger partial charge is 0.496 e. The first-order valence-electron chi connectivity index (χ1n) is 11.9. The zero-order valence-corrected chi connectivity index (χ0v) is 21.5. The second-order valence-electron chi connectivity index (χ2n) is 9.33. The van der Waals surface area contributed by atoms with Gasteiger partial charge in [-0.05, 0) is 54.3 Å². The molecule has 0 unspecified atom stereocenters. The van der Waals surface area contributed by atoms with Gasteiger partial charge >= 0.3 is 0 Å². The molecule has 0 atom stereocenters. The van der Waals surface area contributed by atoms with Gasteiger partial charge in [0.2, 0.25) is 0 Å². The van der Waals surface area contributed by atoms with Crippen LogP contribution < -0.4 is 21.5 Å². The minimum Gasteiger partial charge on any atom is -0.496 e. The number of oxime groups is 1. The number of carbonyl (C=O) groups is 2. The van der Waals surface area contributed by atoms with E-state index in [1.54, 1.807) is 36.4 Å². The lowest BCUT2D eigenvalue weighted by atomic mass is 9.98. The maximum Gasteiger partial charge on any atom is 0.255 e. The number of primary amides is 1. The van der Waals surface area contributed by atoms with E-state index >= 15 is 0 Å². The van der Waals surface area contributed by atoms with Gasteiger partial charge in [-0.25, -0.2) is 4.39 Å². The van der Waals surface area contributed by atoms with Gasteiger partial charge in [0, 0.05) is 23.4 Å². The molecule has 1 fully saturated rings. The van der Waals surface area contributed by atoms with E-state index in [4.69, 9.17) is 37.4 Å². The van der Waals surface area contributed by atoms with Crippen molar-refractivity contribution in [2.24, 2.45) is 16.6 Å². The van der Waals surface area contributed by atoms with Crippen LogP contribution in [-0.4, -0.2) is 35.5 Å². The number of hydrogen-bond donors (Lipinski definition) is 4. The number of hydrogen-bond acceptors (Lipinski definition) is 6. The molecule has 1 saturated carbocycles. The standard InChI is InChI=1S/C28H24ClFN4O5/c1-38-22-13-20(29)17(12-19(22)26(36)33-28(8-9-28)27(32)34-37)15-4-7-21-18(11-15)24(25(31)35)23(39-21)10-14-2-5-16(30)6-3-14/h2-7,11-13,37H,8-10H2,1H3,(H2,31,35)(H2,32,34)(H,33,36). The number of rotatable bonds is 8.